The number of amides is 1. The predicted octanol–water partition coefficient (Wildman–Crippen LogP) is 2.93. The van der Waals surface area contributed by atoms with E-state index in [-0.39, 0.29) is 11.7 Å². The lowest BCUT2D eigenvalue weighted by Crippen LogP contribution is -2.25. The van der Waals surface area contributed by atoms with Gasteiger partial charge in [-0.1, -0.05) is 0 Å². The molecule has 1 aliphatic rings. The smallest absolute Gasteiger partial charge is 0.255 e. The summed E-state index contributed by atoms with van der Waals surface area (Å²) in [4.78, 5) is 16.7. The maximum absolute atomic E-state index is 12.4. The zero-order chi connectivity index (χ0) is 18.3. The Morgan fingerprint density at radius 3 is 2.65 bits per heavy atom. The van der Waals surface area contributed by atoms with Gasteiger partial charge in [-0.3, -0.25) is 9.10 Å². The van der Waals surface area contributed by atoms with E-state index in [4.69, 9.17) is 4.42 Å². The summed E-state index contributed by atoms with van der Waals surface area (Å²) in [6, 6.07) is 11.8. The van der Waals surface area contributed by atoms with Crippen LogP contribution in [0, 0.1) is 6.92 Å². The fraction of sp³-hybridized carbons (Fsp3) is 0.222. The van der Waals surface area contributed by atoms with E-state index >= 15 is 0 Å². The Bertz CT molecular complexity index is 1090. The number of aromatic nitrogens is 1. The van der Waals surface area contributed by atoms with Crippen molar-refractivity contribution in [2.75, 3.05) is 21.9 Å². The van der Waals surface area contributed by atoms with E-state index in [1.807, 2.05) is 0 Å². The first-order valence-corrected chi connectivity index (χ1v) is 9.82. The highest BCUT2D eigenvalue weighted by molar-refractivity contribution is 7.93. The zero-order valence-corrected chi connectivity index (χ0v) is 14.9. The van der Waals surface area contributed by atoms with Crippen molar-refractivity contribution in [1.29, 1.82) is 0 Å². The normalized spacial score (nSPS) is 16.1. The van der Waals surface area contributed by atoms with Gasteiger partial charge >= 0.3 is 0 Å². The number of nitrogens with one attached hydrogen (secondary N) is 1. The number of rotatable bonds is 3. The summed E-state index contributed by atoms with van der Waals surface area (Å²) in [6.45, 7) is 2.24. The van der Waals surface area contributed by atoms with E-state index in [0.29, 0.717) is 46.9 Å². The van der Waals surface area contributed by atoms with Crippen LogP contribution in [-0.4, -0.2) is 31.6 Å². The van der Waals surface area contributed by atoms with Crippen LogP contribution in [0.15, 0.2) is 46.9 Å². The fourth-order valence-electron chi connectivity index (χ4n) is 3.03. The Hall–Kier alpha value is -2.87. The highest BCUT2D eigenvalue weighted by Gasteiger charge is 2.28. The molecule has 1 N–H and O–H groups in total. The van der Waals surface area contributed by atoms with Crippen LogP contribution in [0.2, 0.25) is 0 Å². The molecule has 3 aromatic rings. The van der Waals surface area contributed by atoms with Crippen molar-refractivity contribution < 1.29 is 17.6 Å². The molecule has 0 radical (unpaired) electrons. The maximum atomic E-state index is 12.4. The number of fused-ring (bicyclic) bond motifs is 1. The molecule has 7 nitrogen and oxygen atoms in total. The molecule has 1 fully saturated rings. The monoisotopic (exact) mass is 371 g/mol. The summed E-state index contributed by atoms with van der Waals surface area (Å²) < 4.78 is 30.7. The van der Waals surface area contributed by atoms with E-state index in [1.54, 1.807) is 49.4 Å². The summed E-state index contributed by atoms with van der Waals surface area (Å²) in [5.74, 6) is 0.454. The SMILES string of the molecule is Cc1nc2cc(NC(=O)c3ccc(N4CCCS4(=O)=O)cc3)ccc2o1. The number of carbonyl (C=O) groups is 1. The van der Waals surface area contributed by atoms with Crippen LogP contribution in [-0.2, 0) is 10.0 Å². The number of anilines is 2. The average Bonchev–Trinajstić information content (AvgIpc) is 3.15. The highest BCUT2D eigenvalue weighted by Crippen LogP contribution is 2.25. The average molecular weight is 371 g/mol. The summed E-state index contributed by atoms with van der Waals surface area (Å²) >= 11 is 0. The number of oxazole rings is 1. The Kier molecular flexibility index (Phi) is 3.91. The summed E-state index contributed by atoms with van der Waals surface area (Å²) in [5.41, 5.74) is 2.98. The number of aryl methyl sites for hydroxylation is 1. The van der Waals surface area contributed by atoms with Crippen LogP contribution in [0.3, 0.4) is 0 Å². The zero-order valence-electron chi connectivity index (χ0n) is 14.1. The molecule has 1 aliphatic heterocycles. The van der Waals surface area contributed by atoms with E-state index in [9.17, 15) is 13.2 Å². The fourth-order valence-corrected chi connectivity index (χ4v) is 4.60. The van der Waals surface area contributed by atoms with Gasteiger partial charge in [0.05, 0.1) is 11.4 Å². The van der Waals surface area contributed by atoms with Crippen LogP contribution in [0.1, 0.15) is 22.7 Å². The summed E-state index contributed by atoms with van der Waals surface area (Å²) in [7, 11) is -3.22. The highest BCUT2D eigenvalue weighted by atomic mass is 32.2. The third-order valence-electron chi connectivity index (χ3n) is 4.27. The molecule has 0 spiro atoms. The first-order chi connectivity index (χ1) is 12.4. The molecular weight excluding hydrogens is 354 g/mol. The molecule has 0 saturated carbocycles. The van der Waals surface area contributed by atoms with Crippen LogP contribution in [0.25, 0.3) is 11.1 Å². The predicted molar refractivity (Wildman–Crippen MR) is 98.9 cm³/mol. The molecule has 0 atom stereocenters. The number of hydrogen-bond donors (Lipinski definition) is 1. The number of nitrogens with zero attached hydrogens (tertiary/aromatic N) is 2. The molecule has 4 rings (SSSR count). The second-order valence-electron chi connectivity index (χ2n) is 6.16. The molecule has 0 bridgehead atoms. The van der Waals surface area contributed by atoms with Gasteiger partial charge in [0.15, 0.2) is 11.5 Å². The van der Waals surface area contributed by atoms with Gasteiger partial charge in [-0.2, -0.15) is 0 Å². The van der Waals surface area contributed by atoms with E-state index < -0.39 is 10.0 Å². The Morgan fingerprint density at radius 1 is 1.19 bits per heavy atom. The molecule has 1 aromatic heterocycles. The number of sulfonamides is 1. The second-order valence-corrected chi connectivity index (χ2v) is 8.17. The van der Waals surface area contributed by atoms with Gasteiger partial charge in [0.2, 0.25) is 10.0 Å². The summed E-state index contributed by atoms with van der Waals surface area (Å²) in [6.07, 6.45) is 0.620. The minimum atomic E-state index is -3.22. The first-order valence-electron chi connectivity index (χ1n) is 8.21. The topological polar surface area (TPSA) is 92.5 Å². The Morgan fingerprint density at radius 2 is 1.96 bits per heavy atom. The van der Waals surface area contributed by atoms with Crippen LogP contribution < -0.4 is 9.62 Å². The molecule has 1 saturated heterocycles. The van der Waals surface area contributed by atoms with Gasteiger partial charge in [-0.25, -0.2) is 13.4 Å². The molecule has 2 aromatic carbocycles. The first kappa shape index (κ1) is 16.6. The van der Waals surface area contributed by atoms with Gasteiger partial charge in [0, 0.05) is 24.7 Å². The lowest BCUT2D eigenvalue weighted by Gasteiger charge is -2.17. The van der Waals surface area contributed by atoms with Crippen molar-refractivity contribution in [2.24, 2.45) is 0 Å². The molecular formula is C18H17N3O4S. The largest absolute Gasteiger partial charge is 0.441 e. The minimum absolute atomic E-state index is 0.166. The molecule has 1 amide bonds. The minimum Gasteiger partial charge on any atom is -0.441 e. The van der Waals surface area contributed by atoms with Crippen LogP contribution in [0.4, 0.5) is 11.4 Å². The number of carbonyl (C=O) groups excluding carboxylic acids is 1. The Balaban J connectivity index is 1.52. The van der Waals surface area contributed by atoms with E-state index in [0.717, 1.165) is 0 Å². The quantitative estimate of drug-likeness (QED) is 0.764. The Labute approximate surface area is 150 Å². The third kappa shape index (κ3) is 3.03. The molecule has 0 aliphatic carbocycles. The van der Waals surface area contributed by atoms with Gasteiger partial charge < -0.3 is 9.73 Å². The van der Waals surface area contributed by atoms with Crippen molar-refractivity contribution >= 4 is 38.4 Å². The van der Waals surface area contributed by atoms with Crippen LogP contribution in [0.5, 0.6) is 0 Å². The van der Waals surface area contributed by atoms with E-state index in [2.05, 4.69) is 10.3 Å². The molecule has 0 unspecified atom stereocenters. The summed E-state index contributed by atoms with van der Waals surface area (Å²) in [5, 5.41) is 2.81. The van der Waals surface area contributed by atoms with Crippen molar-refractivity contribution in [1.82, 2.24) is 4.98 Å². The molecule has 8 heteroatoms. The maximum Gasteiger partial charge on any atom is 0.255 e. The van der Waals surface area contributed by atoms with Crippen molar-refractivity contribution in [2.45, 2.75) is 13.3 Å². The van der Waals surface area contributed by atoms with E-state index in [1.165, 1.54) is 4.31 Å². The lowest BCUT2D eigenvalue weighted by molar-refractivity contribution is 0.102. The van der Waals surface area contributed by atoms with Gasteiger partial charge in [-0.05, 0) is 48.9 Å². The van der Waals surface area contributed by atoms with Crippen molar-refractivity contribution in [3.05, 3.63) is 53.9 Å². The third-order valence-corrected chi connectivity index (χ3v) is 6.14. The molecule has 134 valence electrons. The molecule has 26 heavy (non-hydrogen) atoms. The van der Waals surface area contributed by atoms with Gasteiger partial charge in [0.25, 0.3) is 5.91 Å². The standard InChI is InChI=1S/C18H17N3O4S/c1-12-19-16-11-14(5-8-17(16)25-12)20-18(22)13-3-6-15(7-4-13)21-9-2-10-26(21,23)24/h3-8,11H,2,9-10H2,1H3,(H,20,22). The van der Waals surface area contributed by atoms with Crippen LogP contribution >= 0.6 is 0 Å². The lowest BCUT2D eigenvalue weighted by atomic mass is 10.2. The van der Waals surface area contributed by atoms with Crippen molar-refractivity contribution in [3.63, 3.8) is 0 Å². The molecule has 2 heterocycles. The second kappa shape index (κ2) is 6.14. The number of benzene rings is 2. The van der Waals surface area contributed by atoms with Gasteiger partial charge in [-0.15, -0.1) is 0 Å². The van der Waals surface area contributed by atoms with Crippen molar-refractivity contribution in [3.8, 4) is 0 Å². The number of hydrogen-bond acceptors (Lipinski definition) is 5. The van der Waals surface area contributed by atoms with Gasteiger partial charge in [0.1, 0.15) is 5.52 Å².